The molecule has 2 N–H and O–H groups in total. The first-order valence-corrected chi connectivity index (χ1v) is 14.4. The molecule has 0 atom stereocenters. The first kappa shape index (κ1) is 30.3. The maximum Gasteiger partial charge on any atom is 0.262 e. The Morgan fingerprint density at radius 1 is 0.889 bits per heavy atom. The zero-order valence-corrected chi connectivity index (χ0v) is 23.5. The molecule has 0 unspecified atom stereocenters. The van der Waals surface area contributed by atoms with Gasteiger partial charge in [-0.3, -0.25) is 4.79 Å². The van der Waals surface area contributed by atoms with Gasteiger partial charge in [0.1, 0.15) is 5.75 Å². The number of halogens is 2. The summed E-state index contributed by atoms with van der Waals surface area (Å²) in [6.07, 6.45) is 18.5. The molecule has 1 amide bonds. The van der Waals surface area contributed by atoms with Crippen LogP contribution in [0.2, 0.25) is 10.0 Å². The van der Waals surface area contributed by atoms with E-state index in [0.717, 1.165) is 12.8 Å². The fourth-order valence-electron chi connectivity index (χ4n) is 4.27. The highest BCUT2D eigenvalue weighted by atomic mass is 35.5. The smallest absolute Gasteiger partial charge is 0.262 e. The second-order valence-electron chi connectivity index (χ2n) is 9.67. The maximum absolute atomic E-state index is 12.3. The highest BCUT2D eigenvalue weighted by Crippen LogP contribution is 2.38. The number of amides is 1. The molecule has 2 aromatic carbocycles. The zero-order valence-electron chi connectivity index (χ0n) is 22.0. The lowest BCUT2D eigenvalue weighted by Crippen LogP contribution is -2.20. The number of phenolic OH excluding ortho intramolecular Hbond substituents is 1. The van der Waals surface area contributed by atoms with E-state index < -0.39 is 5.91 Å². The number of anilines is 1. The molecule has 4 nitrogen and oxygen atoms in total. The van der Waals surface area contributed by atoms with E-state index in [1.165, 1.54) is 88.7 Å². The molecule has 2 aromatic rings. The molecular weight excluding hydrogens is 493 g/mol. The molecule has 0 radical (unpaired) electrons. The summed E-state index contributed by atoms with van der Waals surface area (Å²) in [7, 11) is 0. The first-order chi connectivity index (χ1) is 17.4. The Morgan fingerprint density at radius 3 is 2.08 bits per heavy atom. The molecule has 2 rings (SSSR count). The molecule has 0 fully saturated rings. The fourth-order valence-corrected chi connectivity index (χ4v) is 4.73. The molecule has 0 heterocycles. The quantitative estimate of drug-likeness (QED) is 0.147. The van der Waals surface area contributed by atoms with Crippen molar-refractivity contribution in [2.45, 2.75) is 104 Å². The number of phenols is 1. The summed E-state index contributed by atoms with van der Waals surface area (Å²) in [5.74, 6) is 0.0523. The number of aromatic hydroxyl groups is 1. The van der Waals surface area contributed by atoms with Crippen molar-refractivity contribution in [1.29, 1.82) is 0 Å². The van der Waals surface area contributed by atoms with E-state index in [2.05, 4.69) is 18.3 Å². The van der Waals surface area contributed by atoms with Gasteiger partial charge in [-0.15, -0.1) is 0 Å². The van der Waals surface area contributed by atoms with E-state index in [4.69, 9.17) is 27.9 Å². The van der Waals surface area contributed by atoms with Crippen LogP contribution in [-0.4, -0.2) is 17.6 Å². The van der Waals surface area contributed by atoms with Crippen LogP contribution in [0.5, 0.6) is 11.5 Å². The van der Waals surface area contributed by atoms with E-state index in [0.29, 0.717) is 16.3 Å². The minimum atomic E-state index is -0.400. The molecular formula is C30H43Cl2NO3. The van der Waals surface area contributed by atoms with Gasteiger partial charge in [-0.2, -0.15) is 0 Å². The summed E-state index contributed by atoms with van der Waals surface area (Å²) in [4.78, 5) is 12.3. The van der Waals surface area contributed by atoms with Crippen LogP contribution in [0.15, 0.2) is 30.3 Å². The van der Waals surface area contributed by atoms with E-state index >= 15 is 0 Å². The van der Waals surface area contributed by atoms with Gasteiger partial charge >= 0.3 is 0 Å². The second-order valence-corrected chi connectivity index (χ2v) is 10.5. The number of rotatable bonds is 18. The van der Waals surface area contributed by atoms with Crippen molar-refractivity contribution in [2.24, 2.45) is 0 Å². The van der Waals surface area contributed by atoms with Gasteiger partial charge < -0.3 is 15.2 Å². The summed E-state index contributed by atoms with van der Waals surface area (Å²) in [5, 5.41) is 13.2. The van der Waals surface area contributed by atoms with Crippen LogP contribution >= 0.6 is 23.2 Å². The highest BCUT2D eigenvalue weighted by molar-refractivity contribution is 6.37. The zero-order chi connectivity index (χ0) is 26.2. The number of carbonyl (C=O) groups excluding carboxylic acids is 1. The molecule has 36 heavy (non-hydrogen) atoms. The molecule has 6 heteroatoms. The van der Waals surface area contributed by atoms with Crippen LogP contribution in [-0.2, 0) is 11.2 Å². The predicted molar refractivity (Wildman–Crippen MR) is 153 cm³/mol. The lowest BCUT2D eigenvalue weighted by Gasteiger charge is -2.12. The molecule has 0 saturated carbocycles. The van der Waals surface area contributed by atoms with Gasteiger partial charge in [0.05, 0.1) is 10.7 Å². The van der Waals surface area contributed by atoms with Gasteiger partial charge in [0.25, 0.3) is 5.91 Å². The lowest BCUT2D eigenvalue weighted by atomic mass is 10.0. The number of ether oxygens (including phenoxy) is 1. The van der Waals surface area contributed by atoms with Gasteiger partial charge in [0.2, 0.25) is 0 Å². The number of benzene rings is 2. The third-order valence-corrected chi connectivity index (χ3v) is 7.39. The van der Waals surface area contributed by atoms with Gasteiger partial charge in [-0.1, -0.05) is 119 Å². The van der Waals surface area contributed by atoms with Crippen molar-refractivity contribution in [3.05, 3.63) is 51.5 Å². The molecule has 0 aromatic heterocycles. The molecule has 0 bridgehead atoms. The van der Waals surface area contributed by atoms with E-state index in [1.54, 1.807) is 6.92 Å². The Balaban J connectivity index is 1.59. The van der Waals surface area contributed by atoms with Crippen molar-refractivity contribution in [3.8, 4) is 11.5 Å². The molecule has 0 aliphatic carbocycles. The van der Waals surface area contributed by atoms with Gasteiger partial charge in [0.15, 0.2) is 12.4 Å². The van der Waals surface area contributed by atoms with E-state index in [-0.39, 0.29) is 23.1 Å². The standard InChI is InChI=1S/C30H43Cl2NO3/c1-3-4-5-6-7-8-9-10-11-12-13-14-15-17-24-18-16-19-25(20-24)36-22-28(34)33-27-21-26(31)23(2)29(32)30(27)35/h16,18-21,35H,3-15,17,22H2,1-2H3,(H,33,34). The summed E-state index contributed by atoms with van der Waals surface area (Å²) in [5.41, 5.74) is 1.94. The van der Waals surface area contributed by atoms with Crippen molar-refractivity contribution in [1.82, 2.24) is 0 Å². The van der Waals surface area contributed by atoms with Gasteiger partial charge in [-0.05, 0) is 49.1 Å². The number of carbonyl (C=O) groups is 1. The summed E-state index contributed by atoms with van der Waals surface area (Å²) >= 11 is 12.2. The number of hydrogen-bond donors (Lipinski definition) is 2. The van der Waals surface area contributed by atoms with Crippen LogP contribution in [0.1, 0.15) is 102 Å². The maximum atomic E-state index is 12.3. The molecule has 0 aliphatic heterocycles. The Bertz CT molecular complexity index is 933. The summed E-state index contributed by atoms with van der Waals surface area (Å²) in [6, 6.07) is 9.37. The van der Waals surface area contributed by atoms with Crippen molar-refractivity contribution >= 4 is 34.8 Å². The van der Waals surface area contributed by atoms with Crippen molar-refractivity contribution in [2.75, 3.05) is 11.9 Å². The molecule has 200 valence electrons. The summed E-state index contributed by atoms with van der Waals surface area (Å²) < 4.78 is 5.66. The first-order valence-electron chi connectivity index (χ1n) is 13.6. The van der Waals surface area contributed by atoms with Crippen LogP contribution in [0.25, 0.3) is 0 Å². The van der Waals surface area contributed by atoms with Crippen LogP contribution in [0.4, 0.5) is 5.69 Å². The van der Waals surface area contributed by atoms with Gasteiger partial charge in [-0.25, -0.2) is 0 Å². The van der Waals surface area contributed by atoms with E-state index in [1.807, 2.05) is 18.2 Å². The van der Waals surface area contributed by atoms with Crippen LogP contribution in [0.3, 0.4) is 0 Å². The molecule has 0 aliphatic rings. The Kier molecular flexibility index (Phi) is 14.8. The minimum Gasteiger partial charge on any atom is -0.504 e. The average molecular weight is 537 g/mol. The second kappa shape index (κ2) is 17.5. The Hall–Kier alpha value is -1.91. The van der Waals surface area contributed by atoms with Crippen molar-refractivity contribution < 1.29 is 14.6 Å². The lowest BCUT2D eigenvalue weighted by molar-refractivity contribution is -0.118. The fraction of sp³-hybridized carbons (Fsp3) is 0.567. The van der Waals surface area contributed by atoms with E-state index in [9.17, 15) is 9.90 Å². The average Bonchev–Trinajstić information content (AvgIpc) is 2.87. The van der Waals surface area contributed by atoms with Crippen molar-refractivity contribution in [3.63, 3.8) is 0 Å². The third-order valence-electron chi connectivity index (χ3n) is 6.53. The van der Waals surface area contributed by atoms with Gasteiger partial charge in [0, 0.05) is 5.02 Å². The molecule has 0 saturated heterocycles. The monoisotopic (exact) mass is 535 g/mol. The molecule has 0 spiro atoms. The number of aryl methyl sites for hydroxylation is 1. The number of nitrogens with one attached hydrogen (secondary N) is 1. The minimum absolute atomic E-state index is 0.125. The van der Waals surface area contributed by atoms with Crippen LogP contribution in [0, 0.1) is 6.92 Å². The van der Waals surface area contributed by atoms with Crippen LogP contribution < -0.4 is 10.1 Å². The number of hydrogen-bond acceptors (Lipinski definition) is 3. The third kappa shape index (κ3) is 11.4. The number of unbranched alkanes of at least 4 members (excludes halogenated alkanes) is 12. The normalized spacial score (nSPS) is 11.0. The largest absolute Gasteiger partial charge is 0.504 e. The summed E-state index contributed by atoms with van der Waals surface area (Å²) in [6.45, 7) is 3.79. The SMILES string of the molecule is CCCCCCCCCCCCCCCc1cccc(OCC(=O)Nc2cc(Cl)c(C)c(Cl)c2O)c1. The Labute approximate surface area is 227 Å². The Morgan fingerprint density at radius 2 is 1.47 bits per heavy atom. The highest BCUT2D eigenvalue weighted by Gasteiger charge is 2.15. The predicted octanol–water partition coefficient (Wildman–Crippen LogP) is 9.66. The topological polar surface area (TPSA) is 58.6 Å².